The van der Waals surface area contributed by atoms with Crippen LogP contribution in [0, 0.1) is 0 Å². The zero-order valence-electron chi connectivity index (χ0n) is 10.5. The molecular weight excluding hydrogens is 212 g/mol. The quantitative estimate of drug-likeness (QED) is 0.641. The normalized spacial score (nSPS) is 14.9. The number of halogens is 2. The second kappa shape index (κ2) is 7.58. The van der Waals surface area contributed by atoms with Gasteiger partial charge in [-0.1, -0.05) is 39.5 Å². The smallest absolute Gasteiger partial charge is 0.261 e. The van der Waals surface area contributed by atoms with Crippen LogP contribution in [0.25, 0.3) is 0 Å². The van der Waals surface area contributed by atoms with E-state index < -0.39 is 12.0 Å². The summed E-state index contributed by atoms with van der Waals surface area (Å²) in [7, 11) is 0. The number of alkyl halides is 2. The zero-order valence-corrected chi connectivity index (χ0v) is 10.5. The van der Waals surface area contributed by atoms with Crippen molar-refractivity contribution < 1.29 is 13.6 Å². The molecule has 0 fully saturated rings. The Morgan fingerprint density at radius 1 is 1.25 bits per heavy atom. The molecule has 1 atom stereocenters. The largest absolute Gasteiger partial charge is 0.345 e. The van der Waals surface area contributed by atoms with Gasteiger partial charge >= 0.3 is 0 Å². The predicted octanol–water partition coefficient (Wildman–Crippen LogP) is 3.51. The van der Waals surface area contributed by atoms with Crippen LogP contribution in [0.3, 0.4) is 0 Å². The molecule has 0 radical (unpaired) electrons. The lowest BCUT2D eigenvalue weighted by Crippen LogP contribution is -2.52. The molecule has 0 aliphatic rings. The van der Waals surface area contributed by atoms with Crippen LogP contribution in [0.2, 0.25) is 0 Å². The number of hydrogen-bond donors (Lipinski definition) is 1. The predicted molar refractivity (Wildman–Crippen MR) is 61.6 cm³/mol. The first kappa shape index (κ1) is 15.3. The Labute approximate surface area is 96.8 Å². The maximum absolute atomic E-state index is 13.0. The van der Waals surface area contributed by atoms with Crippen molar-refractivity contribution in [2.24, 2.45) is 0 Å². The number of unbranched alkanes of at least 4 members (excludes halogenated alkanes) is 3. The number of carbonyl (C=O) groups excluding carboxylic acids is 1. The summed E-state index contributed by atoms with van der Waals surface area (Å²) in [6.45, 7) is 5.06. The molecule has 0 aliphatic heterocycles. The van der Waals surface area contributed by atoms with E-state index in [-0.39, 0.29) is 12.3 Å². The number of amides is 1. The van der Waals surface area contributed by atoms with Gasteiger partial charge in [-0.05, 0) is 12.8 Å². The molecule has 0 aromatic heterocycles. The van der Waals surface area contributed by atoms with Crippen molar-refractivity contribution in [2.45, 2.75) is 71.3 Å². The molecule has 1 unspecified atom stereocenters. The average molecular weight is 235 g/mol. The Morgan fingerprint density at radius 2 is 1.88 bits per heavy atom. The molecule has 0 spiro atoms. The summed E-state index contributed by atoms with van der Waals surface area (Å²) in [6, 6.07) is 0. The van der Waals surface area contributed by atoms with Crippen LogP contribution in [0.15, 0.2) is 0 Å². The van der Waals surface area contributed by atoms with E-state index in [1.54, 1.807) is 6.92 Å². The standard InChI is InChI=1S/C12H23F2NO/c1-4-6-7-8-9-12(5-2,11(13)14)15-10(3)16/h11H,4-9H2,1-3H3,(H,15,16). The molecule has 0 aromatic rings. The lowest BCUT2D eigenvalue weighted by Gasteiger charge is -2.32. The van der Waals surface area contributed by atoms with Crippen molar-refractivity contribution in [2.75, 3.05) is 0 Å². The van der Waals surface area contributed by atoms with Gasteiger partial charge in [0.25, 0.3) is 6.43 Å². The third-order valence-corrected chi connectivity index (χ3v) is 2.95. The number of hydrogen-bond acceptors (Lipinski definition) is 1. The second-order valence-corrected chi connectivity index (χ2v) is 4.30. The van der Waals surface area contributed by atoms with E-state index in [1.807, 2.05) is 0 Å². The Balaban J connectivity index is 4.33. The summed E-state index contributed by atoms with van der Waals surface area (Å²) in [4.78, 5) is 11.0. The first-order chi connectivity index (χ1) is 7.48. The van der Waals surface area contributed by atoms with Gasteiger partial charge in [-0.25, -0.2) is 8.78 Å². The Morgan fingerprint density at radius 3 is 2.25 bits per heavy atom. The molecule has 0 rings (SSSR count). The molecule has 0 bridgehead atoms. The molecular formula is C12H23F2NO. The third-order valence-electron chi connectivity index (χ3n) is 2.95. The van der Waals surface area contributed by atoms with Crippen molar-refractivity contribution in [3.05, 3.63) is 0 Å². The van der Waals surface area contributed by atoms with Crippen molar-refractivity contribution in [1.29, 1.82) is 0 Å². The Hall–Kier alpha value is -0.670. The van der Waals surface area contributed by atoms with Gasteiger partial charge in [-0.15, -0.1) is 0 Å². The summed E-state index contributed by atoms with van der Waals surface area (Å²) in [6.07, 6.45) is 1.97. The Kier molecular flexibility index (Phi) is 7.26. The van der Waals surface area contributed by atoms with Gasteiger partial charge in [0.2, 0.25) is 5.91 Å². The van der Waals surface area contributed by atoms with E-state index in [0.717, 1.165) is 25.7 Å². The second-order valence-electron chi connectivity index (χ2n) is 4.30. The van der Waals surface area contributed by atoms with Crippen LogP contribution in [-0.4, -0.2) is 17.9 Å². The van der Waals surface area contributed by atoms with Crippen molar-refractivity contribution in [1.82, 2.24) is 5.32 Å². The SMILES string of the molecule is CCCCCCC(CC)(NC(C)=O)C(F)F. The van der Waals surface area contributed by atoms with Crippen molar-refractivity contribution >= 4 is 5.91 Å². The van der Waals surface area contributed by atoms with Crippen LogP contribution in [-0.2, 0) is 4.79 Å². The highest BCUT2D eigenvalue weighted by molar-refractivity contribution is 5.73. The zero-order chi connectivity index (χ0) is 12.6. The van der Waals surface area contributed by atoms with Gasteiger partial charge < -0.3 is 5.32 Å². The first-order valence-electron chi connectivity index (χ1n) is 6.05. The van der Waals surface area contributed by atoms with Crippen LogP contribution < -0.4 is 5.32 Å². The summed E-state index contributed by atoms with van der Waals surface area (Å²) >= 11 is 0. The molecule has 96 valence electrons. The maximum atomic E-state index is 13.0. The van der Waals surface area contributed by atoms with Gasteiger partial charge in [-0.3, -0.25) is 4.79 Å². The van der Waals surface area contributed by atoms with E-state index in [0.29, 0.717) is 6.42 Å². The fourth-order valence-corrected chi connectivity index (χ4v) is 1.86. The summed E-state index contributed by atoms with van der Waals surface area (Å²) in [5.41, 5.74) is -1.32. The summed E-state index contributed by atoms with van der Waals surface area (Å²) in [5, 5.41) is 2.43. The van der Waals surface area contributed by atoms with Gasteiger partial charge in [0.1, 0.15) is 5.54 Å². The van der Waals surface area contributed by atoms with E-state index in [4.69, 9.17) is 0 Å². The van der Waals surface area contributed by atoms with E-state index in [1.165, 1.54) is 6.92 Å². The molecule has 1 amide bonds. The van der Waals surface area contributed by atoms with Gasteiger partial charge in [-0.2, -0.15) is 0 Å². The minimum atomic E-state index is -2.50. The van der Waals surface area contributed by atoms with Crippen molar-refractivity contribution in [3.8, 4) is 0 Å². The molecule has 0 aliphatic carbocycles. The lowest BCUT2D eigenvalue weighted by atomic mass is 9.89. The molecule has 4 heteroatoms. The van der Waals surface area contributed by atoms with E-state index >= 15 is 0 Å². The van der Waals surface area contributed by atoms with E-state index in [9.17, 15) is 13.6 Å². The fourth-order valence-electron chi connectivity index (χ4n) is 1.86. The van der Waals surface area contributed by atoms with Crippen LogP contribution >= 0.6 is 0 Å². The van der Waals surface area contributed by atoms with Gasteiger partial charge in [0.05, 0.1) is 0 Å². The highest BCUT2D eigenvalue weighted by Crippen LogP contribution is 2.26. The van der Waals surface area contributed by atoms with Gasteiger partial charge in [0, 0.05) is 6.92 Å². The monoisotopic (exact) mass is 235 g/mol. The number of nitrogens with one attached hydrogen (secondary N) is 1. The highest BCUT2D eigenvalue weighted by Gasteiger charge is 2.38. The minimum absolute atomic E-state index is 0.274. The Bertz CT molecular complexity index is 209. The average Bonchev–Trinajstić information content (AvgIpc) is 2.21. The van der Waals surface area contributed by atoms with Crippen LogP contribution in [0.1, 0.15) is 59.3 Å². The summed E-state index contributed by atoms with van der Waals surface area (Å²) < 4.78 is 26.0. The lowest BCUT2D eigenvalue weighted by molar-refractivity contribution is -0.123. The molecule has 1 N–H and O–H groups in total. The molecule has 0 saturated heterocycles. The van der Waals surface area contributed by atoms with Crippen LogP contribution in [0.5, 0.6) is 0 Å². The van der Waals surface area contributed by atoms with Gasteiger partial charge in [0.15, 0.2) is 0 Å². The molecule has 0 aromatic carbocycles. The highest BCUT2D eigenvalue weighted by atomic mass is 19.3. The first-order valence-corrected chi connectivity index (χ1v) is 6.05. The fraction of sp³-hybridized carbons (Fsp3) is 0.917. The minimum Gasteiger partial charge on any atom is -0.345 e. The molecule has 0 heterocycles. The van der Waals surface area contributed by atoms with Crippen molar-refractivity contribution in [3.63, 3.8) is 0 Å². The topological polar surface area (TPSA) is 29.1 Å². The van der Waals surface area contributed by atoms with Crippen LogP contribution in [0.4, 0.5) is 8.78 Å². The number of rotatable bonds is 8. The number of carbonyl (C=O) groups is 1. The third kappa shape index (κ3) is 4.90. The maximum Gasteiger partial charge on any atom is 0.261 e. The molecule has 0 saturated carbocycles. The molecule has 16 heavy (non-hydrogen) atoms. The summed E-state index contributed by atoms with van der Waals surface area (Å²) in [5.74, 6) is -0.377. The van der Waals surface area contributed by atoms with E-state index in [2.05, 4.69) is 12.2 Å². The molecule has 2 nitrogen and oxygen atoms in total.